The fourth-order valence-electron chi connectivity index (χ4n) is 1.85. The summed E-state index contributed by atoms with van der Waals surface area (Å²) in [6.07, 6.45) is 2.35. The Hall–Kier alpha value is -2.02. The summed E-state index contributed by atoms with van der Waals surface area (Å²) < 4.78 is 0. The number of nitrogens with one attached hydrogen (secondary N) is 1. The van der Waals surface area contributed by atoms with Gasteiger partial charge in [-0.2, -0.15) is 0 Å². The Morgan fingerprint density at radius 1 is 1.43 bits per heavy atom. The van der Waals surface area contributed by atoms with Crippen molar-refractivity contribution in [2.24, 2.45) is 0 Å². The smallest absolute Gasteiger partial charge is 0.356 e. The van der Waals surface area contributed by atoms with Crippen molar-refractivity contribution in [1.82, 2.24) is 15.0 Å². The predicted octanol–water partition coefficient (Wildman–Crippen LogP) is 3.37. The number of hydrogen-bond acceptors (Lipinski definition) is 6. The van der Waals surface area contributed by atoms with E-state index in [0.29, 0.717) is 16.6 Å². The molecule has 0 atom stereocenters. The van der Waals surface area contributed by atoms with Crippen LogP contribution in [0.15, 0.2) is 6.20 Å². The summed E-state index contributed by atoms with van der Waals surface area (Å²) in [7, 11) is 0. The third kappa shape index (κ3) is 3.36. The molecule has 0 saturated carbocycles. The van der Waals surface area contributed by atoms with E-state index in [4.69, 9.17) is 0 Å². The van der Waals surface area contributed by atoms with E-state index in [-0.39, 0.29) is 11.6 Å². The molecule has 7 heteroatoms. The fourth-order valence-corrected chi connectivity index (χ4v) is 2.77. The van der Waals surface area contributed by atoms with Gasteiger partial charge in [-0.1, -0.05) is 20.8 Å². The molecular weight excluding hydrogens is 288 g/mol. The minimum atomic E-state index is -1.08. The van der Waals surface area contributed by atoms with E-state index in [2.05, 4.69) is 20.3 Å². The van der Waals surface area contributed by atoms with Crippen molar-refractivity contribution in [3.05, 3.63) is 28.3 Å². The van der Waals surface area contributed by atoms with Crippen molar-refractivity contribution in [2.75, 3.05) is 5.32 Å². The summed E-state index contributed by atoms with van der Waals surface area (Å²) in [5.74, 6) is -0.487. The quantitative estimate of drug-likeness (QED) is 0.880. The van der Waals surface area contributed by atoms with Gasteiger partial charge in [-0.25, -0.2) is 19.7 Å². The second kappa shape index (κ2) is 6.17. The average Bonchev–Trinajstić information content (AvgIpc) is 2.78. The number of carboxylic acid groups (broad SMARTS) is 1. The Bertz CT molecular complexity index is 667. The maximum atomic E-state index is 11.4. The number of carbonyl (C=O) groups is 1. The number of hydrogen-bond donors (Lipinski definition) is 2. The molecule has 0 radical (unpaired) electrons. The molecule has 0 fully saturated rings. The lowest BCUT2D eigenvalue weighted by atomic mass is 10.2. The van der Waals surface area contributed by atoms with Crippen LogP contribution in [0.5, 0.6) is 0 Å². The summed E-state index contributed by atoms with van der Waals surface area (Å²) in [5.41, 5.74) is 1.35. The highest BCUT2D eigenvalue weighted by atomic mass is 32.1. The zero-order valence-corrected chi connectivity index (χ0v) is 13.3. The van der Waals surface area contributed by atoms with Gasteiger partial charge in [-0.05, 0) is 13.3 Å². The normalized spacial score (nSPS) is 10.9. The van der Waals surface area contributed by atoms with Gasteiger partial charge in [0.2, 0.25) is 0 Å². The zero-order chi connectivity index (χ0) is 15.6. The Kier molecular flexibility index (Phi) is 4.52. The van der Waals surface area contributed by atoms with Crippen LogP contribution in [0.4, 0.5) is 10.8 Å². The van der Waals surface area contributed by atoms with Gasteiger partial charge in [0.15, 0.2) is 10.8 Å². The monoisotopic (exact) mass is 306 g/mol. The van der Waals surface area contributed by atoms with Gasteiger partial charge >= 0.3 is 5.97 Å². The summed E-state index contributed by atoms with van der Waals surface area (Å²) in [5, 5.41) is 13.0. The van der Waals surface area contributed by atoms with Crippen molar-refractivity contribution in [2.45, 2.75) is 40.0 Å². The van der Waals surface area contributed by atoms with Crippen LogP contribution >= 0.6 is 11.3 Å². The number of aromatic carboxylic acids is 1. The lowest BCUT2D eigenvalue weighted by Gasteiger charge is -2.09. The first kappa shape index (κ1) is 15.4. The van der Waals surface area contributed by atoms with Crippen molar-refractivity contribution < 1.29 is 9.90 Å². The van der Waals surface area contributed by atoms with Crippen LogP contribution in [0, 0.1) is 6.92 Å². The molecule has 0 spiro atoms. The molecule has 6 nitrogen and oxygen atoms in total. The topological polar surface area (TPSA) is 88.0 Å². The van der Waals surface area contributed by atoms with Gasteiger partial charge in [0, 0.05) is 10.8 Å². The van der Waals surface area contributed by atoms with E-state index in [1.165, 1.54) is 17.5 Å². The molecule has 0 unspecified atom stereocenters. The van der Waals surface area contributed by atoms with Gasteiger partial charge < -0.3 is 10.4 Å². The van der Waals surface area contributed by atoms with Gasteiger partial charge in [-0.3, -0.25) is 0 Å². The van der Waals surface area contributed by atoms with E-state index in [9.17, 15) is 9.90 Å². The highest BCUT2D eigenvalue weighted by Crippen LogP contribution is 2.27. The SMILES string of the molecule is CCc1nc(Nc2cnc(C(C)C)nc2C(=O)O)sc1C. The fraction of sp³-hybridized carbons (Fsp3) is 0.429. The highest BCUT2D eigenvalue weighted by molar-refractivity contribution is 7.15. The molecule has 0 amide bonds. The van der Waals surface area contributed by atoms with E-state index in [0.717, 1.165) is 17.0 Å². The maximum absolute atomic E-state index is 11.4. The Morgan fingerprint density at radius 2 is 2.14 bits per heavy atom. The van der Waals surface area contributed by atoms with E-state index in [1.54, 1.807) is 0 Å². The lowest BCUT2D eigenvalue weighted by molar-refractivity contribution is 0.0691. The summed E-state index contributed by atoms with van der Waals surface area (Å²) in [6.45, 7) is 7.88. The molecule has 0 saturated heterocycles. The lowest BCUT2D eigenvalue weighted by Crippen LogP contribution is -2.10. The largest absolute Gasteiger partial charge is 0.476 e. The van der Waals surface area contributed by atoms with Crippen LogP contribution in [-0.2, 0) is 6.42 Å². The minimum Gasteiger partial charge on any atom is -0.476 e. The Morgan fingerprint density at radius 3 is 2.67 bits per heavy atom. The molecule has 2 rings (SSSR count). The zero-order valence-electron chi connectivity index (χ0n) is 12.5. The molecule has 2 aromatic rings. The molecule has 112 valence electrons. The van der Waals surface area contributed by atoms with E-state index in [1.807, 2.05) is 27.7 Å². The van der Waals surface area contributed by atoms with E-state index >= 15 is 0 Å². The first-order chi connectivity index (χ1) is 9.92. The Labute approximate surface area is 127 Å². The Balaban J connectivity index is 2.36. The van der Waals surface area contributed by atoms with Crippen molar-refractivity contribution in [3.63, 3.8) is 0 Å². The first-order valence-electron chi connectivity index (χ1n) is 6.75. The number of nitrogens with zero attached hydrogens (tertiary/aromatic N) is 3. The molecule has 0 aliphatic heterocycles. The number of aryl methyl sites for hydroxylation is 2. The van der Waals surface area contributed by atoms with Crippen molar-refractivity contribution >= 4 is 28.1 Å². The molecule has 0 bridgehead atoms. The third-order valence-electron chi connectivity index (χ3n) is 3.00. The predicted molar refractivity (Wildman–Crippen MR) is 82.6 cm³/mol. The van der Waals surface area contributed by atoms with Crippen molar-refractivity contribution in [1.29, 1.82) is 0 Å². The molecule has 0 aliphatic carbocycles. The average molecular weight is 306 g/mol. The molecule has 2 aromatic heterocycles. The van der Waals surface area contributed by atoms with Crippen LogP contribution < -0.4 is 5.32 Å². The van der Waals surface area contributed by atoms with Crippen LogP contribution in [0.2, 0.25) is 0 Å². The second-order valence-corrected chi connectivity index (χ2v) is 6.15. The molecule has 0 aromatic carbocycles. The molecule has 2 heterocycles. The number of thiazole rings is 1. The van der Waals surface area contributed by atoms with Crippen LogP contribution in [0.25, 0.3) is 0 Å². The van der Waals surface area contributed by atoms with Crippen LogP contribution in [-0.4, -0.2) is 26.0 Å². The van der Waals surface area contributed by atoms with Crippen LogP contribution in [0.3, 0.4) is 0 Å². The number of aromatic nitrogens is 3. The number of rotatable bonds is 5. The third-order valence-corrected chi connectivity index (χ3v) is 3.92. The highest BCUT2D eigenvalue weighted by Gasteiger charge is 2.17. The number of anilines is 2. The summed E-state index contributed by atoms with van der Waals surface area (Å²) >= 11 is 1.49. The maximum Gasteiger partial charge on any atom is 0.356 e. The van der Waals surface area contributed by atoms with E-state index < -0.39 is 5.97 Å². The van der Waals surface area contributed by atoms with Gasteiger partial charge in [-0.15, -0.1) is 11.3 Å². The standard InChI is InChI=1S/C14H18N4O2S/c1-5-9-8(4)21-14(16-9)17-10-6-15-12(7(2)3)18-11(10)13(19)20/h6-7H,5H2,1-4H3,(H,16,17)(H,19,20). The van der Waals surface area contributed by atoms with Crippen molar-refractivity contribution in [3.8, 4) is 0 Å². The minimum absolute atomic E-state index is 0.0281. The molecular formula is C14H18N4O2S. The number of carboxylic acids is 1. The second-order valence-electron chi connectivity index (χ2n) is 4.95. The summed E-state index contributed by atoms with van der Waals surface area (Å²) in [6, 6.07) is 0. The van der Waals surface area contributed by atoms with Crippen LogP contribution in [0.1, 0.15) is 53.6 Å². The summed E-state index contributed by atoms with van der Waals surface area (Å²) in [4.78, 5) is 25.3. The molecule has 2 N–H and O–H groups in total. The van der Waals surface area contributed by atoms with Gasteiger partial charge in [0.25, 0.3) is 0 Å². The molecule has 0 aliphatic rings. The first-order valence-corrected chi connectivity index (χ1v) is 7.57. The molecule has 21 heavy (non-hydrogen) atoms. The van der Waals surface area contributed by atoms with Gasteiger partial charge in [0.05, 0.1) is 17.6 Å². The van der Waals surface area contributed by atoms with Gasteiger partial charge in [0.1, 0.15) is 5.82 Å².